The standard InChI is InChI=1S/C16H19ClFN3O6/c1-3-10(22)25-8-15(7-17)12(26-11(23)4-2)16(18)13(27-15)21(16)6-5-9(19)20-14(21)24/h5-6,12-13H,3-4,7-8H2,1-2H3,(H-,19,20,24)/p+1/t12-,13-,15-,16-,21?/m1/s1. The van der Waals surface area contributed by atoms with Gasteiger partial charge in [0.1, 0.15) is 18.6 Å². The predicted molar refractivity (Wildman–Crippen MR) is 89.2 cm³/mol. The summed E-state index contributed by atoms with van der Waals surface area (Å²) in [5.74, 6) is -4.23. The first-order valence-electron chi connectivity index (χ1n) is 8.47. The van der Waals surface area contributed by atoms with E-state index in [-0.39, 0.29) is 24.6 Å². The zero-order chi connectivity index (χ0) is 20.0. The molecule has 3 aliphatic heterocycles. The summed E-state index contributed by atoms with van der Waals surface area (Å²) in [6.07, 6.45) is -0.438. The van der Waals surface area contributed by atoms with E-state index in [1.165, 1.54) is 19.2 Å². The highest BCUT2D eigenvalue weighted by atomic mass is 35.5. The lowest BCUT2D eigenvalue weighted by atomic mass is 9.97. The second kappa shape index (κ2) is 6.54. The van der Waals surface area contributed by atoms with Gasteiger partial charge in [0.25, 0.3) is 0 Å². The second-order valence-electron chi connectivity index (χ2n) is 6.57. The molecule has 0 aliphatic carbocycles. The molecule has 1 unspecified atom stereocenters. The number of hydrogen-bond acceptors (Lipinski definition) is 7. The SMILES string of the molecule is CCC(=O)OC[C@@]1(CCl)O[C@@H]2[C@@](F)([C@@H]1OC(=O)CC)[N+]21C=CC(=N)NC1=O. The van der Waals surface area contributed by atoms with E-state index in [1.807, 2.05) is 0 Å². The highest BCUT2D eigenvalue weighted by Crippen LogP contribution is 2.65. The van der Waals surface area contributed by atoms with Crippen LogP contribution in [0, 0.1) is 5.41 Å². The van der Waals surface area contributed by atoms with E-state index in [4.69, 9.17) is 31.2 Å². The Balaban J connectivity index is 1.97. The fourth-order valence-corrected chi connectivity index (χ4v) is 3.74. The highest BCUT2D eigenvalue weighted by Gasteiger charge is 2.99. The Hall–Kier alpha value is -2.04. The van der Waals surface area contributed by atoms with Crippen molar-refractivity contribution < 1.29 is 37.5 Å². The fourth-order valence-electron chi connectivity index (χ4n) is 3.46. The number of urea groups is 1. The average Bonchev–Trinajstić information content (AvgIpc) is 3.05. The first-order chi connectivity index (χ1) is 12.7. The Morgan fingerprint density at radius 2 is 2.07 bits per heavy atom. The summed E-state index contributed by atoms with van der Waals surface area (Å²) in [6.45, 7) is 2.70. The van der Waals surface area contributed by atoms with E-state index in [2.05, 4.69) is 5.32 Å². The van der Waals surface area contributed by atoms with Crippen molar-refractivity contribution in [2.45, 2.75) is 50.4 Å². The second-order valence-corrected chi connectivity index (χ2v) is 6.84. The average molecular weight is 405 g/mol. The number of quaternary nitrogens is 1. The lowest BCUT2D eigenvalue weighted by molar-refractivity contribution is -0.747. The Labute approximate surface area is 159 Å². The number of nitrogens with one attached hydrogen (secondary N) is 2. The van der Waals surface area contributed by atoms with Crippen LogP contribution in [0.4, 0.5) is 9.18 Å². The Morgan fingerprint density at radius 3 is 2.63 bits per heavy atom. The zero-order valence-electron chi connectivity index (χ0n) is 14.8. The van der Waals surface area contributed by atoms with Crippen LogP contribution in [0.25, 0.3) is 0 Å². The number of amidine groups is 1. The molecule has 2 fully saturated rings. The molecule has 0 aromatic heterocycles. The van der Waals surface area contributed by atoms with Crippen LogP contribution in [-0.2, 0) is 23.8 Å². The fraction of sp³-hybridized carbons (Fsp3) is 0.625. The van der Waals surface area contributed by atoms with Crippen molar-refractivity contribution in [2.24, 2.45) is 0 Å². The van der Waals surface area contributed by atoms with Crippen LogP contribution in [-0.4, -0.2) is 64.5 Å². The molecule has 2 saturated heterocycles. The molecule has 11 heteroatoms. The molecule has 5 atom stereocenters. The molecule has 0 aromatic rings. The molecule has 0 bridgehead atoms. The van der Waals surface area contributed by atoms with Gasteiger partial charge in [-0.1, -0.05) is 13.8 Å². The maximum Gasteiger partial charge on any atom is 0.432 e. The summed E-state index contributed by atoms with van der Waals surface area (Å²) < 4.78 is 31.3. The molecule has 9 nitrogen and oxygen atoms in total. The van der Waals surface area contributed by atoms with Crippen LogP contribution >= 0.6 is 11.6 Å². The van der Waals surface area contributed by atoms with Gasteiger partial charge in [-0.2, -0.15) is 4.39 Å². The monoisotopic (exact) mass is 404 g/mol. The van der Waals surface area contributed by atoms with Crippen LogP contribution < -0.4 is 5.32 Å². The smallest absolute Gasteiger partial charge is 0.432 e. The number of esters is 2. The van der Waals surface area contributed by atoms with Gasteiger partial charge in [-0.25, -0.2) is 4.79 Å². The number of carbonyl (C=O) groups is 3. The number of amides is 2. The van der Waals surface area contributed by atoms with E-state index in [0.717, 1.165) is 0 Å². The third kappa shape index (κ3) is 2.58. The van der Waals surface area contributed by atoms with Gasteiger partial charge >= 0.3 is 30.0 Å². The maximum atomic E-state index is 16.0. The summed E-state index contributed by atoms with van der Waals surface area (Å²) in [6, 6.07) is -0.818. The normalized spacial score (nSPS) is 39.1. The predicted octanol–water partition coefficient (Wildman–Crippen LogP) is 1.31. The molecular formula is C16H20ClFN3O6+. The van der Waals surface area contributed by atoms with Crippen LogP contribution in [0.15, 0.2) is 12.3 Å². The summed E-state index contributed by atoms with van der Waals surface area (Å²) in [5, 5.41) is 9.71. The number of rotatable bonds is 6. The van der Waals surface area contributed by atoms with Crippen molar-refractivity contribution in [3.05, 3.63) is 12.3 Å². The molecule has 1 spiro atoms. The van der Waals surface area contributed by atoms with E-state index in [0.29, 0.717) is 0 Å². The molecule has 3 aliphatic rings. The van der Waals surface area contributed by atoms with Gasteiger partial charge in [0.05, 0.1) is 5.88 Å². The van der Waals surface area contributed by atoms with E-state index in [1.54, 1.807) is 6.92 Å². The van der Waals surface area contributed by atoms with Crippen molar-refractivity contribution in [1.82, 2.24) is 5.32 Å². The van der Waals surface area contributed by atoms with Gasteiger partial charge in [-0.15, -0.1) is 16.1 Å². The van der Waals surface area contributed by atoms with Crippen LogP contribution in [0.1, 0.15) is 26.7 Å². The summed E-state index contributed by atoms with van der Waals surface area (Å²) in [5.41, 5.74) is -1.63. The Bertz CT molecular complexity index is 748. The number of ether oxygens (including phenoxy) is 3. The number of nitrogens with zero attached hydrogens (tertiary/aromatic N) is 1. The van der Waals surface area contributed by atoms with Crippen molar-refractivity contribution in [2.75, 3.05) is 12.5 Å². The van der Waals surface area contributed by atoms with Crippen molar-refractivity contribution in [3.63, 3.8) is 0 Å². The van der Waals surface area contributed by atoms with Crippen molar-refractivity contribution >= 4 is 35.4 Å². The third-order valence-corrected chi connectivity index (χ3v) is 5.44. The van der Waals surface area contributed by atoms with Gasteiger partial charge in [0, 0.05) is 18.9 Å². The van der Waals surface area contributed by atoms with E-state index < -0.39 is 52.8 Å². The molecule has 2 amide bonds. The van der Waals surface area contributed by atoms with Gasteiger partial charge in [0.2, 0.25) is 6.10 Å². The number of alkyl halides is 2. The van der Waals surface area contributed by atoms with E-state index >= 15 is 4.39 Å². The molecular weight excluding hydrogens is 385 g/mol. The topological polar surface area (TPSA) is 115 Å². The first kappa shape index (κ1) is 19.7. The lowest BCUT2D eigenvalue weighted by Gasteiger charge is -2.36. The minimum absolute atomic E-state index is 0.0307. The minimum atomic E-state index is -2.44. The molecule has 3 rings (SSSR count). The van der Waals surface area contributed by atoms with Crippen LogP contribution in [0.3, 0.4) is 0 Å². The van der Waals surface area contributed by atoms with Crippen molar-refractivity contribution in [1.29, 1.82) is 5.41 Å². The zero-order valence-corrected chi connectivity index (χ0v) is 15.5. The van der Waals surface area contributed by atoms with Gasteiger partial charge in [-0.3, -0.25) is 20.3 Å². The molecule has 3 heterocycles. The summed E-state index contributed by atoms with van der Waals surface area (Å²) >= 11 is 6.01. The van der Waals surface area contributed by atoms with Gasteiger partial charge < -0.3 is 14.2 Å². The molecule has 27 heavy (non-hydrogen) atoms. The molecule has 0 saturated carbocycles. The number of hydrogen-bond donors (Lipinski definition) is 2. The Morgan fingerprint density at radius 1 is 1.41 bits per heavy atom. The summed E-state index contributed by atoms with van der Waals surface area (Å²) in [4.78, 5) is 35.9. The minimum Gasteiger partial charge on any atom is -0.462 e. The lowest BCUT2D eigenvalue weighted by Crippen LogP contribution is -2.62. The summed E-state index contributed by atoms with van der Waals surface area (Å²) in [7, 11) is 0. The third-order valence-electron chi connectivity index (χ3n) is 4.99. The number of fused-ring (bicyclic) bond motifs is 3. The molecule has 148 valence electrons. The van der Waals surface area contributed by atoms with Gasteiger partial charge in [0.15, 0.2) is 5.60 Å². The highest BCUT2D eigenvalue weighted by molar-refractivity contribution is 6.18. The molecule has 2 N–H and O–H groups in total. The van der Waals surface area contributed by atoms with E-state index in [9.17, 15) is 14.4 Å². The molecule has 0 aromatic carbocycles. The van der Waals surface area contributed by atoms with Crippen molar-refractivity contribution in [3.8, 4) is 0 Å². The van der Waals surface area contributed by atoms with Crippen LogP contribution in [0.2, 0.25) is 0 Å². The number of carbonyl (C=O) groups excluding carboxylic acids is 3. The van der Waals surface area contributed by atoms with Crippen LogP contribution in [0.5, 0.6) is 0 Å². The van der Waals surface area contributed by atoms with Gasteiger partial charge in [-0.05, 0) is 0 Å². The maximum absolute atomic E-state index is 16.0. The largest absolute Gasteiger partial charge is 0.462 e. The number of halogens is 2. The molecule has 0 radical (unpaired) electrons. The quantitative estimate of drug-likeness (QED) is 0.227. The first-order valence-corrected chi connectivity index (χ1v) is 9.01. The Kier molecular flexibility index (Phi) is 4.77.